The number of nitrogens with zero attached hydrogens (tertiary/aromatic N) is 2. The molecule has 0 radical (unpaired) electrons. The third kappa shape index (κ3) is 4.09. The predicted molar refractivity (Wildman–Crippen MR) is 103 cm³/mol. The predicted octanol–water partition coefficient (Wildman–Crippen LogP) is 4.37. The minimum absolute atomic E-state index is 0.587. The van der Waals surface area contributed by atoms with Gasteiger partial charge in [-0.3, -0.25) is 4.99 Å². The quantitative estimate of drug-likeness (QED) is 0.556. The molecule has 0 atom stereocenters. The van der Waals surface area contributed by atoms with Crippen LogP contribution in [0.1, 0.15) is 22.4 Å². The van der Waals surface area contributed by atoms with E-state index >= 15 is 0 Å². The Morgan fingerprint density at radius 3 is 2.29 bits per heavy atom. The molecule has 0 spiro atoms. The van der Waals surface area contributed by atoms with Crippen molar-refractivity contribution in [1.82, 2.24) is 4.98 Å². The SMILES string of the molecule is Cc1ccc(C(N)=NCCc2csc(-c3ccc(C)cc3)n2)cc1. The zero-order chi connectivity index (χ0) is 16.9. The van der Waals surface area contributed by atoms with Gasteiger partial charge in [-0.2, -0.15) is 0 Å². The number of hydrogen-bond acceptors (Lipinski definition) is 3. The topological polar surface area (TPSA) is 51.3 Å². The lowest BCUT2D eigenvalue weighted by atomic mass is 10.1. The molecule has 0 amide bonds. The van der Waals surface area contributed by atoms with Gasteiger partial charge in [0.15, 0.2) is 0 Å². The molecule has 0 aliphatic carbocycles. The average molecular weight is 335 g/mol. The van der Waals surface area contributed by atoms with E-state index in [1.54, 1.807) is 11.3 Å². The summed E-state index contributed by atoms with van der Waals surface area (Å²) < 4.78 is 0. The van der Waals surface area contributed by atoms with E-state index in [4.69, 9.17) is 10.7 Å². The van der Waals surface area contributed by atoms with Crippen molar-refractivity contribution in [2.75, 3.05) is 6.54 Å². The van der Waals surface area contributed by atoms with Gasteiger partial charge in [0.2, 0.25) is 0 Å². The van der Waals surface area contributed by atoms with Crippen LogP contribution in [0.2, 0.25) is 0 Å². The maximum atomic E-state index is 6.05. The minimum Gasteiger partial charge on any atom is -0.384 e. The van der Waals surface area contributed by atoms with Crippen LogP contribution in [0.4, 0.5) is 0 Å². The van der Waals surface area contributed by atoms with Gasteiger partial charge < -0.3 is 5.73 Å². The van der Waals surface area contributed by atoms with Gasteiger partial charge in [0.05, 0.1) is 5.69 Å². The Hall–Kier alpha value is -2.46. The van der Waals surface area contributed by atoms with Crippen LogP contribution in [0.5, 0.6) is 0 Å². The fourth-order valence-corrected chi connectivity index (χ4v) is 3.22. The van der Waals surface area contributed by atoms with Gasteiger partial charge in [-0.05, 0) is 13.8 Å². The molecule has 0 saturated heterocycles. The molecule has 0 bridgehead atoms. The number of rotatable bonds is 5. The van der Waals surface area contributed by atoms with Gasteiger partial charge in [-0.25, -0.2) is 4.98 Å². The summed E-state index contributed by atoms with van der Waals surface area (Å²) in [6.45, 7) is 4.80. The first-order chi connectivity index (χ1) is 11.6. The molecule has 0 unspecified atom stereocenters. The Balaban J connectivity index is 1.62. The van der Waals surface area contributed by atoms with Crippen LogP contribution in [0.15, 0.2) is 58.9 Å². The third-order valence-electron chi connectivity index (χ3n) is 3.85. The molecular weight excluding hydrogens is 314 g/mol. The summed E-state index contributed by atoms with van der Waals surface area (Å²) in [4.78, 5) is 9.17. The maximum absolute atomic E-state index is 6.05. The molecule has 2 aromatic carbocycles. The number of hydrogen-bond donors (Lipinski definition) is 1. The van der Waals surface area contributed by atoms with Gasteiger partial charge >= 0.3 is 0 Å². The lowest BCUT2D eigenvalue weighted by molar-refractivity contribution is 0.934. The molecule has 0 saturated carbocycles. The van der Waals surface area contributed by atoms with E-state index in [0.29, 0.717) is 12.4 Å². The van der Waals surface area contributed by atoms with Gasteiger partial charge in [-0.15, -0.1) is 11.3 Å². The summed E-state index contributed by atoms with van der Waals surface area (Å²) >= 11 is 1.67. The Bertz CT molecular complexity index is 830. The molecule has 2 N–H and O–H groups in total. The fraction of sp³-hybridized carbons (Fsp3) is 0.200. The normalized spacial score (nSPS) is 11.7. The van der Waals surface area contributed by atoms with Crippen molar-refractivity contribution in [2.45, 2.75) is 20.3 Å². The molecule has 24 heavy (non-hydrogen) atoms. The molecule has 1 heterocycles. The van der Waals surface area contributed by atoms with E-state index in [-0.39, 0.29) is 0 Å². The van der Waals surface area contributed by atoms with Crippen molar-refractivity contribution >= 4 is 17.2 Å². The van der Waals surface area contributed by atoms with Crippen molar-refractivity contribution in [1.29, 1.82) is 0 Å². The highest BCUT2D eigenvalue weighted by molar-refractivity contribution is 7.13. The first-order valence-corrected chi connectivity index (χ1v) is 8.88. The lowest BCUT2D eigenvalue weighted by Gasteiger charge is -2.01. The number of amidine groups is 1. The summed E-state index contributed by atoms with van der Waals surface area (Å²) in [5.74, 6) is 0.587. The highest BCUT2D eigenvalue weighted by atomic mass is 32.1. The second-order valence-electron chi connectivity index (χ2n) is 5.89. The minimum atomic E-state index is 0.587. The third-order valence-corrected chi connectivity index (χ3v) is 4.79. The number of aromatic nitrogens is 1. The standard InChI is InChI=1S/C20H21N3S/c1-14-3-7-16(8-4-14)19(21)22-12-11-18-13-24-20(23-18)17-9-5-15(2)6-10-17/h3-10,13H,11-12H2,1-2H3,(H2,21,22). The van der Waals surface area contributed by atoms with Gasteiger partial charge in [0, 0.05) is 29.5 Å². The summed E-state index contributed by atoms with van der Waals surface area (Å²) in [6.07, 6.45) is 0.801. The Morgan fingerprint density at radius 2 is 1.62 bits per heavy atom. The van der Waals surface area contributed by atoms with Gasteiger partial charge in [0.1, 0.15) is 10.8 Å². The fourth-order valence-electron chi connectivity index (χ4n) is 2.36. The Labute approximate surface area is 146 Å². The number of benzene rings is 2. The zero-order valence-corrected chi connectivity index (χ0v) is 14.8. The largest absolute Gasteiger partial charge is 0.384 e. The summed E-state index contributed by atoms with van der Waals surface area (Å²) in [5, 5.41) is 3.16. The van der Waals surface area contributed by atoms with Crippen molar-refractivity contribution in [2.24, 2.45) is 10.7 Å². The smallest absolute Gasteiger partial charge is 0.125 e. The highest BCUT2D eigenvalue weighted by Crippen LogP contribution is 2.24. The molecule has 0 fully saturated rings. The van der Waals surface area contributed by atoms with Crippen LogP contribution in [-0.2, 0) is 6.42 Å². The second kappa shape index (κ2) is 7.41. The first kappa shape index (κ1) is 16.4. The van der Waals surface area contributed by atoms with E-state index in [1.165, 1.54) is 16.7 Å². The molecule has 0 aliphatic heterocycles. The molecule has 3 nitrogen and oxygen atoms in total. The van der Waals surface area contributed by atoms with E-state index in [0.717, 1.165) is 22.7 Å². The van der Waals surface area contributed by atoms with Crippen LogP contribution in [0, 0.1) is 13.8 Å². The summed E-state index contributed by atoms with van der Waals surface area (Å²) in [7, 11) is 0. The molecule has 3 aromatic rings. The monoisotopic (exact) mass is 335 g/mol. The highest BCUT2D eigenvalue weighted by Gasteiger charge is 2.05. The van der Waals surface area contributed by atoms with E-state index in [2.05, 4.69) is 48.5 Å². The van der Waals surface area contributed by atoms with Gasteiger partial charge in [-0.1, -0.05) is 59.7 Å². The average Bonchev–Trinajstić information content (AvgIpc) is 3.05. The first-order valence-electron chi connectivity index (χ1n) is 8.00. The van der Waals surface area contributed by atoms with Gasteiger partial charge in [0.25, 0.3) is 0 Å². The van der Waals surface area contributed by atoms with Crippen LogP contribution >= 0.6 is 11.3 Å². The van der Waals surface area contributed by atoms with Crippen molar-refractivity contribution in [3.05, 3.63) is 76.3 Å². The van der Waals surface area contributed by atoms with E-state index < -0.39 is 0 Å². The molecule has 4 heteroatoms. The lowest BCUT2D eigenvalue weighted by Crippen LogP contribution is -2.14. The van der Waals surface area contributed by atoms with Crippen molar-refractivity contribution in [3.63, 3.8) is 0 Å². The van der Waals surface area contributed by atoms with Crippen molar-refractivity contribution < 1.29 is 0 Å². The summed E-state index contributed by atoms with van der Waals surface area (Å²) in [5.41, 5.74) is 11.7. The van der Waals surface area contributed by atoms with Crippen molar-refractivity contribution in [3.8, 4) is 10.6 Å². The summed E-state index contributed by atoms with van der Waals surface area (Å²) in [6, 6.07) is 16.6. The number of thiazole rings is 1. The number of aryl methyl sites for hydroxylation is 2. The van der Waals surface area contributed by atoms with Crippen LogP contribution in [0.25, 0.3) is 10.6 Å². The van der Waals surface area contributed by atoms with E-state index in [9.17, 15) is 0 Å². The Morgan fingerprint density at radius 1 is 1.00 bits per heavy atom. The number of nitrogens with two attached hydrogens (primary N) is 1. The second-order valence-corrected chi connectivity index (χ2v) is 6.75. The van der Waals surface area contributed by atoms with Crippen LogP contribution < -0.4 is 5.73 Å². The molecule has 122 valence electrons. The molecular formula is C20H21N3S. The van der Waals surface area contributed by atoms with Crippen LogP contribution in [-0.4, -0.2) is 17.4 Å². The molecule has 3 rings (SSSR count). The van der Waals surface area contributed by atoms with E-state index in [1.807, 2.05) is 24.3 Å². The molecule has 0 aliphatic rings. The van der Waals surface area contributed by atoms with Crippen LogP contribution in [0.3, 0.4) is 0 Å². The zero-order valence-electron chi connectivity index (χ0n) is 14.0. The maximum Gasteiger partial charge on any atom is 0.125 e. The Kier molecular flexibility index (Phi) is 5.06. The number of aliphatic imine (C=N–C) groups is 1. The molecule has 1 aromatic heterocycles.